The minimum atomic E-state index is -0.554. The van der Waals surface area contributed by atoms with Crippen molar-refractivity contribution in [2.24, 2.45) is 10.9 Å². The Morgan fingerprint density at radius 3 is 2.59 bits per heavy atom. The summed E-state index contributed by atoms with van der Waals surface area (Å²) in [5, 5.41) is 6.48. The fourth-order valence-electron chi connectivity index (χ4n) is 3.22. The number of hydrogen-bond donors (Lipinski definition) is 2. The average molecular weight is 382 g/mol. The van der Waals surface area contributed by atoms with Crippen LogP contribution in [0, 0.1) is 17.6 Å². The van der Waals surface area contributed by atoms with E-state index in [0.717, 1.165) is 44.9 Å². The number of guanidine groups is 1. The van der Waals surface area contributed by atoms with E-state index in [9.17, 15) is 8.78 Å². The molecule has 1 aromatic rings. The molecule has 1 unspecified atom stereocenters. The number of benzene rings is 1. The molecule has 2 rings (SSSR count). The molecule has 1 aliphatic heterocycles. The third kappa shape index (κ3) is 7.07. The van der Waals surface area contributed by atoms with Crippen LogP contribution in [0.25, 0.3) is 0 Å². The van der Waals surface area contributed by atoms with Gasteiger partial charge in [-0.15, -0.1) is 0 Å². The Hall–Kier alpha value is -1.73. The van der Waals surface area contributed by atoms with Crippen molar-refractivity contribution in [3.8, 4) is 0 Å². The highest BCUT2D eigenvalue weighted by Crippen LogP contribution is 2.13. The van der Waals surface area contributed by atoms with Crippen LogP contribution in [0.3, 0.4) is 0 Å². The van der Waals surface area contributed by atoms with Gasteiger partial charge in [0, 0.05) is 38.3 Å². The van der Waals surface area contributed by atoms with Crippen molar-refractivity contribution in [1.82, 2.24) is 15.5 Å². The summed E-state index contributed by atoms with van der Waals surface area (Å²) >= 11 is 0. The maximum absolute atomic E-state index is 13.7. The fourth-order valence-corrected chi connectivity index (χ4v) is 3.22. The first-order chi connectivity index (χ1) is 13.0. The first-order valence-corrected chi connectivity index (χ1v) is 9.79. The highest BCUT2D eigenvalue weighted by molar-refractivity contribution is 5.79. The third-order valence-electron chi connectivity index (χ3n) is 4.77. The molecule has 1 aromatic carbocycles. The molecular weight excluding hydrogens is 350 g/mol. The molecule has 0 bridgehead atoms. The Kier molecular flexibility index (Phi) is 8.94. The first kappa shape index (κ1) is 21.6. The van der Waals surface area contributed by atoms with E-state index >= 15 is 0 Å². The fraction of sp³-hybridized carbons (Fsp3) is 0.650. The van der Waals surface area contributed by atoms with E-state index in [4.69, 9.17) is 9.73 Å². The molecule has 5 nitrogen and oxygen atoms in total. The summed E-state index contributed by atoms with van der Waals surface area (Å²) < 4.78 is 32.2. The maximum atomic E-state index is 13.7. The standard InChI is InChI=1S/C20H32F2N4O/c1-4-23-20(24-8-7-16-5-6-17(21)13-18(16)22)25-14-19(15(2)3)26-9-11-27-12-10-26/h5-6,13,15,19H,4,7-12,14H2,1-3H3,(H2,23,24,25). The lowest BCUT2D eigenvalue weighted by atomic mass is 10.0. The highest BCUT2D eigenvalue weighted by atomic mass is 19.1. The van der Waals surface area contributed by atoms with Crippen LogP contribution in [0.2, 0.25) is 0 Å². The summed E-state index contributed by atoms with van der Waals surface area (Å²) in [4.78, 5) is 7.18. The number of hydrogen-bond acceptors (Lipinski definition) is 3. The number of rotatable bonds is 8. The Bertz CT molecular complexity index is 604. The highest BCUT2D eigenvalue weighted by Gasteiger charge is 2.23. The number of morpholine rings is 1. The van der Waals surface area contributed by atoms with Gasteiger partial charge in [0.05, 0.1) is 19.8 Å². The maximum Gasteiger partial charge on any atom is 0.191 e. The summed E-state index contributed by atoms with van der Waals surface area (Å²) in [6, 6.07) is 4.06. The molecule has 2 N–H and O–H groups in total. The molecule has 152 valence electrons. The number of nitrogens with zero attached hydrogens (tertiary/aromatic N) is 2. The number of halogens is 2. The zero-order valence-corrected chi connectivity index (χ0v) is 16.6. The van der Waals surface area contributed by atoms with Crippen molar-refractivity contribution < 1.29 is 13.5 Å². The number of ether oxygens (including phenoxy) is 1. The molecule has 1 saturated heterocycles. The Labute approximate surface area is 161 Å². The van der Waals surface area contributed by atoms with Gasteiger partial charge in [-0.1, -0.05) is 19.9 Å². The van der Waals surface area contributed by atoms with Gasteiger partial charge in [-0.25, -0.2) is 8.78 Å². The van der Waals surface area contributed by atoms with Crippen LogP contribution in [0.15, 0.2) is 23.2 Å². The van der Waals surface area contributed by atoms with Crippen LogP contribution in [0.5, 0.6) is 0 Å². The van der Waals surface area contributed by atoms with Crippen LogP contribution < -0.4 is 10.6 Å². The molecule has 1 aliphatic rings. The normalized spacial score (nSPS) is 17.2. The molecule has 0 radical (unpaired) electrons. The molecule has 0 spiro atoms. The predicted octanol–water partition coefficient (Wildman–Crippen LogP) is 2.42. The lowest BCUT2D eigenvalue weighted by Crippen LogP contribution is -2.48. The number of aliphatic imine (C=N–C) groups is 1. The zero-order valence-electron chi connectivity index (χ0n) is 16.6. The minimum Gasteiger partial charge on any atom is -0.379 e. The van der Waals surface area contributed by atoms with Gasteiger partial charge in [0.15, 0.2) is 5.96 Å². The van der Waals surface area contributed by atoms with Gasteiger partial charge in [-0.2, -0.15) is 0 Å². The average Bonchev–Trinajstić information content (AvgIpc) is 2.64. The van der Waals surface area contributed by atoms with E-state index in [0.29, 0.717) is 37.0 Å². The predicted molar refractivity (Wildman–Crippen MR) is 105 cm³/mol. The smallest absolute Gasteiger partial charge is 0.191 e. The van der Waals surface area contributed by atoms with E-state index in [2.05, 4.69) is 29.4 Å². The summed E-state index contributed by atoms with van der Waals surface area (Å²) in [7, 11) is 0. The van der Waals surface area contributed by atoms with Crippen molar-refractivity contribution in [3.63, 3.8) is 0 Å². The van der Waals surface area contributed by atoms with Crippen LogP contribution >= 0.6 is 0 Å². The monoisotopic (exact) mass is 382 g/mol. The molecule has 1 heterocycles. The molecule has 7 heteroatoms. The second-order valence-electron chi connectivity index (χ2n) is 7.09. The van der Waals surface area contributed by atoms with Gasteiger partial charge in [0.2, 0.25) is 0 Å². The van der Waals surface area contributed by atoms with Gasteiger partial charge in [0.25, 0.3) is 0 Å². The molecule has 27 heavy (non-hydrogen) atoms. The molecule has 0 aromatic heterocycles. The largest absolute Gasteiger partial charge is 0.379 e. The van der Waals surface area contributed by atoms with Gasteiger partial charge in [-0.3, -0.25) is 9.89 Å². The van der Waals surface area contributed by atoms with E-state index in [-0.39, 0.29) is 0 Å². The van der Waals surface area contributed by atoms with E-state index in [1.54, 1.807) is 0 Å². The molecular formula is C20H32F2N4O. The van der Waals surface area contributed by atoms with Gasteiger partial charge >= 0.3 is 0 Å². The van der Waals surface area contributed by atoms with Crippen LogP contribution in [-0.2, 0) is 11.2 Å². The number of nitrogens with one attached hydrogen (secondary N) is 2. The van der Waals surface area contributed by atoms with Crippen molar-refractivity contribution in [1.29, 1.82) is 0 Å². The first-order valence-electron chi connectivity index (χ1n) is 9.79. The summed E-state index contributed by atoms with van der Waals surface area (Å²) in [5.41, 5.74) is 0.494. The van der Waals surface area contributed by atoms with Crippen molar-refractivity contribution >= 4 is 5.96 Å². The molecule has 1 fully saturated rings. The van der Waals surface area contributed by atoms with Crippen LogP contribution in [-0.4, -0.2) is 62.8 Å². The van der Waals surface area contributed by atoms with Crippen molar-refractivity contribution in [3.05, 3.63) is 35.4 Å². The zero-order chi connectivity index (χ0) is 19.6. The molecule has 0 aliphatic carbocycles. The lowest BCUT2D eigenvalue weighted by molar-refractivity contribution is 0.00867. The Balaban J connectivity index is 1.91. The van der Waals surface area contributed by atoms with Gasteiger partial charge in [0.1, 0.15) is 11.6 Å². The summed E-state index contributed by atoms with van der Waals surface area (Å²) in [6.45, 7) is 11.8. The molecule has 0 amide bonds. The quantitative estimate of drug-likeness (QED) is 0.536. The summed E-state index contributed by atoms with van der Waals surface area (Å²) in [5.74, 6) is 0.148. The van der Waals surface area contributed by atoms with Crippen LogP contribution in [0.4, 0.5) is 8.78 Å². The summed E-state index contributed by atoms with van der Waals surface area (Å²) in [6.07, 6.45) is 0.466. The van der Waals surface area contributed by atoms with Gasteiger partial charge < -0.3 is 15.4 Å². The third-order valence-corrected chi connectivity index (χ3v) is 4.77. The molecule has 0 saturated carbocycles. The molecule has 1 atom stereocenters. The van der Waals surface area contributed by atoms with Crippen molar-refractivity contribution in [2.75, 3.05) is 45.9 Å². The van der Waals surface area contributed by atoms with Crippen molar-refractivity contribution in [2.45, 2.75) is 33.2 Å². The lowest BCUT2D eigenvalue weighted by Gasteiger charge is -2.36. The Morgan fingerprint density at radius 1 is 1.22 bits per heavy atom. The Morgan fingerprint density at radius 2 is 1.96 bits per heavy atom. The second kappa shape index (κ2) is 11.2. The van der Waals surface area contributed by atoms with E-state index < -0.39 is 11.6 Å². The second-order valence-corrected chi connectivity index (χ2v) is 7.09. The van der Waals surface area contributed by atoms with Crippen LogP contribution in [0.1, 0.15) is 26.3 Å². The topological polar surface area (TPSA) is 48.9 Å². The van der Waals surface area contributed by atoms with Gasteiger partial charge in [-0.05, 0) is 30.9 Å². The minimum absolute atomic E-state index is 0.360. The van der Waals surface area contributed by atoms with E-state index in [1.807, 2.05) is 6.92 Å². The van der Waals surface area contributed by atoms with E-state index in [1.165, 1.54) is 12.1 Å². The SMILES string of the molecule is CCNC(=NCC(C(C)C)N1CCOCC1)NCCc1ccc(F)cc1F.